The van der Waals surface area contributed by atoms with E-state index in [0.29, 0.717) is 12.1 Å². The van der Waals surface area contributed by atoms with Gasteiger partial charge in [-0.1, -0.05) is 12.1 Å². The van der Waals surface area contributed by atoms with Gasteiger partial charge in [0.15, 0.2) is 11.6 Å². The maximum Gasteiger partial charge on any atom is 0.387 e. The largest absolute Gasteiger partial charge is 0.478 e. The molecule has 0 atom stereocenters. The minimum atomic E-state index is -3.30. The van der Waals surface area contributed by atoms with E-state index in [1.807, 2.05) is 0 Å². The molecule has 0 fully saturated rings. The lowest BCUT2D eigenvalue weighted by atomic mass is 9.91. The summed E-state index contributed by atoms with van der Waals surface area (Å²) in [4.78, 5) is 11.3. The van der Waals surface area contributed by atoms with Crippen LogP contribution in [-0.2, 0) is 0 Å². The summed E-state index contributed by atoms with van der Waals surface area (Å²) in [6, 6.07) is 6.86. The van der Waals surface area contributed by atoms with Gasteiger partial charge in [0.05, 0.1) is 5.56 Å². The lowest BCUT2D eigenvalue weighted by Crippen LogP contribution is -2.06. The fourth-order valence-electron chi connectivity index (χ4n) is 2.98. The molecule has 0 aliphatic rings. The zero-order chi connectivity index (χ0) is 23.6. The Morgan fingerprint density at radius 1 is 0.781 bits per heavy atom. The third-order valence-electron chi connectivity index (χ3n) is 4.27. The van der Waals surface area contributed by atoms with E-state index in [4.69, 9.17) is 0 Å². The van der Waals surface area contributed by atoms with Gasteiger partial charge in [0, 0.05) is 17.2 Å². The van der Waals surface area contributed by atoms with E-state index in [2.05, 4.69) is 9.47 Å². The lowest BCUT2D eigenvalue weighted by Gasteiger charge is -2.15. The van der Waals surface area contributed by atoms with E-state index in [0.717, 1.165) is 36.4 Å². The Morgan fingerprint density at radius 3 is 2.00 bits per heavy atom. The molecule has 3 rings (SSSR count). The van der Waals surface area contributed by atoms with Crippen LogP contribution in [0.4, 0.5) is 30.7 Å². The number of hydrogen-bond donors (Lipinski definition) is 1. The first-order valence-electron chi connectivity index (χ1n) is 8.63. The fourth-order valence-corrected chi connectivity index (χ4v) is 2.98. The van der Waals surface area contributed by atoms with Crippen LogP contribution in [0.2, 0.25) is 0 Å². The molecule has 0 aliphatic heterocycles. The van der Waals surface area contributed by atoms with Crippen molar-refractivity contribution >= 4 is 5.97 Å². The molecule has 0 saturated carbocycles. The first-order chi connectivity index (χ1) is 15.1. The van der Waals surface area contributed by atoms with E-state index in [9.17, 15) is 36.2 Å². The summed E-state index contributed by atoms with van der Waals surface area (Å²) in [6.07, 6.45) is 0. The second-order valence-corrected chi connectivity index (χ2v) is 6.20. The third-order valence-corrected chi connectivity index (χ3v) is 4.27. The van der Waals surface area contributed by atoms with Crippen molar-refractivity contribution in [1.82, 2.24) is 0 Å². The van der Waals surface area contributed by atoms with Crippen molar-refractivity contribution in [3.8, 4) is 33.8 Å². The minimum Gasteiger partial charge on any atom is -0.478 e. The molecule has 32 heavy (non-hydrogen) atoms. The van der Waals surface area contributed by atoms with Crippen molar-refractivity contribution in [2.45, 2.75) is 13.2 Å². The van der Waals surface area contributed by atoms with E-state index < -0.39 is 64.8 Å². The Kier molecular flexibility index (Phi) is 6.56. The topological polar surface area (TPSA) is 55.8 Å². The van der Waals surface area contributed by atoms with Gasteiger partial charge in [-0.05, 0) is 41.5 Å². The van der Waals surface area contributed by atoms with Crippen LogP contribution in [-0.4, -0.2) is 24.3 Å². The molecule has 0 heterocycles. The van der Waals surface area contributed by atoms with Crippen LogP contribution in [0.5, 0.6) is 11.5 Å². The summed E-state index contributed by atoms with van der Waals surface area (Å²) in [7, 11) is 0. The molecule has 0 unspecified atom stereocenters. The molecule has 0 aliphatic carbocycles. The SMILES string of the molecule is O=C(O)c1ccc(-c2ccc(OC(F)F)c(F)c2)c(-c2ccc(OC(F)F)cc2F)c1F. The van der Waals surface area contributed by atoms with Gasteiger partial charge < -0.3 is 14.6 Å². The molecule has 0 amide bonds. The van der Waals surface area contributed by atoms with Gasteiger partial charge in [-0.15, -0.1) is 0 Å². The number of alkyl halides is 4. The standard InChI is InChI=1S/C21H11F7O4/c22-14-8-10(31-20(25)26)2-3-12(14)17-11(4-5-13(18(17)24)19(29)30)9-1-6-16(15(23)7-9)32-21(27)28/h1-8,20-21H,(H,29,30). The second-order valence-electron chi connectivity index (χ2n) is 6.20. The van der Waals surface area contributed by atoms with Crippen molar-refractivity contribution in [1.29, 1.82) is 0 Å². The first kappa shape index (κ1) is 22.9. The van der Waals surface area contributed by atoms with E-state index in [-0.39, 0.29) is 11.1 Å². The van der Waals surface area contributed by atoms with Crippen LogP contribution < -0.4 is 9.47 Å². The maximum absolute atomic E-state index is 15.1. The monoisotopic (exact) mass is 460 g/mol. The highest BCUT2D eigenvalue weighted by Crippen LogP contribution is 2.39. The van der Waals surface area contributed by atoms with E-state index in [1.54, 1.807) is 0 Å². The Hall–Kier alpha value is -3.76. The third kappa shape index (κ3) is 4.76. The summed E-state index contributed by atoms with van der Waals surface area (Å²) < 4.78 is 101. The molecular weight excluding hydrogens is 449 g/mol. The van der Waals surface area contributed by atoms with Crippen LogP contribution in [0.15, 0.2) is 48.5 Å². The minimum absolute atomic E-state index is 0.123. The Morgan fingerprint density at radius 2 is 1.44 bits per heavy atom. The number of benzene rings is 3. The number of carboxylic acid groups (broad SMARTS) is 1. The highest BCUT2D eigenvalue weighted by molar-refractivity contribution is 5.94. The Labute approximate surface area is 175 Å². The molecule has 3 aromatic carbocycles. The predicted octanol–water partition coefficient (Wildman–Crippen LogP) is 6.34. The van der Waals surface area contributed by atoms with Crippen LogP contribution in [0, 0.1) is 17.5 Å². The second kappa shape index (κ2) is 9.16. The highest BCUT2D eigenvalue weighted by Gasteiger charge is 2.23. The molecule has 0 saturated heterocycles. The van der Waals surface area contributed by atoms with Gasteiger partial charge in [0.1, 0.15) is 17.4 Å². The van der Waals surface area contributed by atoms with Gasteiger partial charge in [-0.25, -0.2) is 18.0 Å². The highest BCUT2D eigenvalue weighted by atomic mass is 19.3. The van der Waals surface area contributed by atoms with Crippen LogP contribution in [0.1, 0.15) is 10.4 Å². The van der Waals surface area contributed by atoms with Gasteiger partial charge in [-0.2, -0.15) is 17.6 Å². The first-order valence-corrected chi connectivity index (χ1v) is 8.63. The molecule has 0 aromatic heterocycles. The summed E-state index contributed by atoms with van der Waals surface area (Å²) in [5.41, 5.74) is -2.31. The average Bonchev–Trinajstić information content (AvgIpc) is 2.69. The molecule has 168 valence electrons. The number of hydrogen-bond acceptors (Lipinski definition) is 3. The van der Waals surface area contributed by atoms with Crippen molar-refractivity contribution in [3.63, 3.8) is 0 Å². The zero-order valence-electron chi connectivity index (χ0n) is 15.6. The van der Waals surface area contributed by atoms with E-state index >= 15 is 4.39 Å². The zero-order valence-corrected chi connectivity index (χ0v) is 15.6. The normalized spacial score (nSPS) is 11.2. The average molecular weight is 460 g/mol. The van der Waals surface area contributed by atoms with Crippen molar-refractivity contribution in [2.24, 2.45) is 0 Å². The van der Waals surface area contributed by atoms with Crippen LogP contribution in [0.3, 0.4) is 0 Å². The number of ether oxygens (including phenoxy) is 2. The van der Waals surface area contributed by atoms with Crippen LogP contribution >= 0.6 is 0 Å². The smallest absolute Gasteiger partial charge is 0.387 e. The number of carboxylic acids is 1. The fraction of sp³-hybridized carbons (Fsp3) is 0.0952. The summed E-state index contributed by atoms with van der Waals surface area (Å²) in [5, 5.41) is 9.19. The maximum atomic E-state index is 15.1. The Bertz CT molecular complexity index is 1170. The van der Waals surface area contributed by atoms with Crippen molar-refractivity contribution in [2.75, 3.05) is 0 Å². The van der Waals surface area contributed by atoms with Crippen molar-refractivity contribution < 1.29 is 50.1 Å². The molecular formula is C21H11F7O4. The molecule has 0 bridgehead atoms. The van der Waals surface area contributed by atoms with Crippen molar-refractivity contribution in [3.05, 3.63) is 71.5 Å². The van der Waals surface area contributed by atoms with Crippen LogP contribution in [0.25, 0.3) is 22.3 Å². The molecule has 3 aromatic rings. The Balaban J connectivity index is 2.21. The number of carbonyl (C=O) groups is 1. The summed E-state index contributed by atoms with van der Waals surface area (Å²) >= 11 is 0. The van der Waals surface area contributed by atoms with Gasteiger partial charge in [-0.3, -0.25) is 0 Å². The molecule has 11 heteroatoms. The quantitative estimate of drug-likeness (QED) is 0.418. The summed E-state index contributed by atoms with van der Waals surface area (Å²) in [6.45, 7) is -6.55. The number of rotatable bonds is 7. The molecule has 0 spiro atoms. The lowest BCUT2D eigenvalue weighted by molar-refractivity contribution is -0.0523. The number of halogens is 7. The molecule has 4 nitrogen and oxygen atoms in total. The number of aromatic carboxylic acids is 1. The van der Waals surface area contributed by atoms with Gasteiger partial charge in [0.25, 0.3) is 0 Å². The molecule has 0 radical (unpaired) electrons. The van der Waals surface area contributed by atoms with E-state index in [1.165, 1.54) is 0 Å². The van der Waals surface area contributed by atoms with Gasteiger partial charge in [0.2, 0.25) is 0 Å². The van der Waals surface area contributed by atoms with Gasteiger partial charge >= 0.3 is 19.2 Å². The molecule has 1 N–H and O–H groups in total. The predicted molar refractivity (Wildman–Crippen MR) is 97.4 cm³/mol. The summed E-state index contributed by atoms with van der Waals surface area (Å²) in [5.74, 6) is -6.91.